The van der Waals surface area contributed by atoms with Crippen molar-refractivity contribution in [2.45, 2.75) is 13.1 Å². The second-order valence-electron chi connectivity index (χ2n) is 4.56. The van der Waals surface area contributed by atoms with Crippen LogP contribution < -0.4 is 0 Å². The largest absolute Gasteiger partial charge is 0.465 e. The molecule has 21 heavy (non-hydrogen) atoms. The van der Waals surface area contributed by atoms with E-state index in [-0.39, 0.29) is 12.6 Å². The lowest BCUT2D eigenvalue weighted by Crippen LogP contribution is -2.26. The van der Waals surface area contributed by atoms with E-state index >= 15 is 0 Å². The molecule has 112 valence electrons. The van der Waals surface area contributed by atoms with Gasteiger partial charge in [0.25, 0.3) is 0 Å². The SMILES string of the molecule is COC(=O)c1sccc1CN(CCO)Cc1cccnc1. The number of aromatic nitrogens is 1. The van der Waals surface area contributed by atoms with E-state index in [1.54, 1.807) is 12.4 Å². The minimum absolute atomic E-state index is 0.0674. The molecule has 0 bridgehead atoms. The number of esters is 1. The molecule has 2 aromatic rings. The average Bonchev–Trinajstić information content (AvgIpc) is 2.96. The van der Waals surface area contributed by atoms with Gasteiger partial charge in [0.2, 0.25) is 0 Å². The normalized spacial score (nSPS) is 10.8. The number of ether oxygens (including phenoxy) is 1. The molecule has 0 radical (unpaired) electrons. The Morgan fingerprint density at radius 1 is 1.43 bits per heavy atom. The zero-order valence-corrected chi connectivity index (χ0v) is 12.7. The van der Waals surface area contributed by atoms with E-state index in [2.05, 4.69) is 9.88 Å². The van der Waals surface area contributed by atoms with E-state index in [1.165, 1.54) is 18.4 Å². The molecule has 0 unspecified atom stereocenters. The first-order valence-corrected chi connectivity index (χ1v) is 7.49. The lowest BCUT2D eigenvalue weighted by Gasteiger charge is -2.21. The minimum Gasteiger partial charge on any atom is -0.465 e. The number of pyridine rings is 1. The van der Waals surface area contributed by atoms with Crippen molar-refractivity contribution in [3.05, 3.63) is 52.0 Å². The third-order valence-electron chi connectivity index (χ3n) is 3.06. The fourth-order valence-corrected chi connectivity index (χ4v) is 2.91. The molecule has 0 aromatic carbocycles. The standard InChI is InChI=1S/C15H18N2O3S/c1-20-15(19)14-13(4-8-21-14)11-17(6-7-18)10-12-3-2-5-16-9-12/h2-5,8-9,18H,6-7,10-11H2,1H3. The van der Waals surface area contributed by atoms with Gasteiger partial charge < -0.3 is 9.84 Å². The Balaban J connectivity index is 2.09. The molecular formula is C15H18N2O3S. The summed E-state index contributed by atoms with van der Waals surface area (Å²) < 4.78 is 4.79. The minimum atomic E-state index is -0.315. The van der Waals surface area contributed by atoms with Gasteiger partial charge in [-0.05, 0) is 28.6 Å². The molecule has 0 fully saturated rings. The third kappa shape index (κ3) is 4.35. The summed E-state index contributed by atoms with van der Waals surface area (Å²) in [6.07, 6.45) is 3.54. The van der Waals surface area contributed by atoms with Gasteiger partial charge in [-0.1, -0.05) is 6.07 Å². The van der Waals surface area contributed by atoms with E-state index in [0.717, 1.165) is 11.1 Å². The van der Waals surface area contributed by atoms with Crippen LogP contribution in [0.15, 0.2) is 36.0 Å². The van der Waals surface area contributed by atoms with Crippen LogP contribution >= 0.6 is 11.3 Å². The lowest BCUT2D eigenvalue weighted by atomic mass is 10.2. The number of hydrogen-bond acceptors (Lipinski definition) is 6. The fraction of sp³-hybridized carbons (Fsp3) is 0.333. The van der Waals surface area contributed by atoms with Gasteiger partial charge in [0.05, 0.1) is 13.7 Å². The molecule has 2 rings (SSSR count). The number of thiophene rings is 1. The van der Waals surface area contributed by atoms with Crippen LogP contribution in [-0.4, -0.2) is 41.2 Å². The van der Waals surface area contributed by atoms with E-state index < -0.39 is 0 Å². The van der Waals surface area contributed by atoms with Crippen LogP contribution in [-0.2, 0) is 17.8 Å². The molecule has 0 aliphatic heterocycles. The maximum Gasteiger partial charge on any atom is 0.348 e. The highest BCUT2D eigenvalue weighted by Gasteiger charge is 2.16. The van der Waals surface area contributed by atoms with E-state index in [0.29, 0.717) is 24.5 Å². The Morgan fingerprint density at radius 2 is 2.29 bits per heavy atom. The fourth-order valence-electron chi connectivity index (χ4n) is 2.08. The van der Waals surface area contributed by atoms with Crippen LogP contribution in [0.4, 0.5) is 0 Å². The van der Waals surface area contributed by atoms with Crippen LogP contribution in [0.3, 0.4) is 0 Å². The average molecular weight is 306 g/mol. The topological polar surface area (TPSA) is 62.7 Å². The predicted octanol–water partition coefficient (Wildman–Crippen LogP) is 1.92. The first kappa shape index (κ1) is 15.6. The van der Waals surface area contributed by atoms with Crippen molar-refractivity contribution in [2.24, 2.45) is 0 Å². The van der Waals surface area contributed by atoms with Gasteiger partial charge in [0.1, 0.15) is 4.88 Å². The molecule has 0 amide bonds. The second-order valence-corrected chi connectivity index (χ2v) is 5.48. The Morgan fingerprint density at radius 3 is 2.95 bits per heavy atom. The summed E-state index contributed by atoms with van der Waals surface area (Å²) in [4.78, 5) is 18.5. The van der Waals surface area contributed by atoms with Crippen LogP contribution in [0.2, 0.25) is 0 Å². The number of aliphatic hydroxyl groups is 1. The van der Waals surface area contributed by atoms with Crippen molar-refractivity contribution in [3.63, 3.8) is 0 Å². The Kier molecular flexibility index (Phi) is 5.86. The van der Waals surface area contributed by atoms with E-state index in [1.807, 2.05) is 23.6 Å². The predicted molar refractivity (Wildman–Crippen MR) is 81.1 cm³/mol. The molecule has 2 aromatic heterocycles. The number of methoxy groups -OCH3 is 1. The van der Waals surface area contributed by atoms with Gasteiger partial charge in [0, 0.05) is 32.0 Å². The molecule has 0 saturated carbocycles. The Bertz CT molecular complexity index is 571. The zero-order valence-electron chi connectivity index (χ0n) is 11.9. The quantitative estimate of drug-likeness (QED) is 0.792. The molecule has 6 heteroatoms. The highest BCUT2D eigenvalue weighted by atomic mass is 32.1. The van der Waals surface area contributed by atoms with Crippen molar-refractivity contribution >= 4 is 17.3 Å². The summed E-state index contributed by atoms with van der Waals surface area (Å²) in [6, 6.07) is 5.80. The van der Waals surface area contributed by atoms with E-state index in [9.17, 15) is 9.90 Å². The molecular weight excluding hydrogens is 288 g/mol. The Labute approximate surface area is 127 Å². The molecule has 1 N–H and O–H groups in total. The number of hydrogen-bond donors (Lipinski definition) is 1. The Hall–Kier alpha value is -1.76. The number of aliphatic hydroxyl groups excluding tert-OH is 1. The summed E-state index contributed by atoms with van der Waals surface area (Å²) in [6.45, 7) is 1.86. The van der Waals surface area contributed by atoms with Crippen molar-refractivity contribution in [1.82, 2.24) is 9.88 Å². The van der Waals surface area contributed by atoms with Crippen molar-refractivity contribution < 1.29 is 14.6 Å². The maximum atomic E-state index is 11.7. The molecule has 0 atom stereocenters. The van der Waals surface area contributed by atoms with E-state index in [4.69, 9.17) is 4.74 Å². The number of carbonyl (C=O) groups excluding carboxylic acids is 1. The summed E-state index contributed by atoms with van der Waals surface area (Å²) in [5.74, 6) is -0.315. The third-order valence-corrected chi connectivity index (χ3v) is 3.99. The van der Waals surface area contributed by atoms with Crippen molar-refractivity contribution in [3.8, 4) is 0 Å². The monoisotopic (exact) mass is 306 g/mol. The molecule has 2 heterocycles. The summed E-state index contributed by atoms with van der Waals surface area (Å²) in [5.41, 5.74) is 1.99. The summed E-state index contributed by atoms with van der Waals surface area (Å²) >= 11 is 1.37. The smallest absolute Gasteiger partial charge is 0.348 e. The van der Waals surface area contributed by atoms with Gasteiger partial charge in [-0.15, -0.1) is 11.3 Å². The van der Waals surface area contributed by atoms with Crippen LogP contribution in [0.5, 0.6) is 0 Å². The highest BCUT2D eigenvalue weighted by molar-refractivity contribution is 7.12. The molecule has 0 aliphatic rings. The van der Waals surface area contributed by atoms with Gasteiger partial charge >= 0.3 is 5.97 Å². The van der Waals surface area contributed by atoms with Gasteiger partial charge in [0.15, 0.2) is 0 Å². The molecule has 0 aliphatic carbocycles. The van der Waals surface area contributed by atoms with Crippen LogP contribution in [0, 0.1) is 0 Å². The van der Waals surface area contributed by atoms with Gasteiger partial charge in [-0.25, -0.2) is 4.79 Å². The van der Waals surface area contributed by atoms with Crippen LogP contribution in [0.1, 0.15) is 20.8 Å². The molecule has 0 spiro atoms. The highest BCUT2D eigenvalue weighted by Crippen LogP contribution is 2.20. The first-order chi connectivity index (χ1) is 10.2. The van der Waals surface area contributed by atoms with Gasteiger partial charge in [-0.2, -0.15) is 0 Å². The van der Waals surface area contributed by atoms with Gasteiger partial charge in [-0.3, -0.25) is 9.88 Å². The second kappa shape index (κ2) is 7.87. The zero-order chi connectivity index (χ0) is 15.1. The van der Waals surface area contributed by atoms with Crippen molar-refractivity contribution in [2.75, 3.05) is 20.3 Å². The molecule has 0 saturated heterocycles. The molecule has 5 nitrogen and oxygen atoms in total. The number of carbonyl (C=O) groups is 1. The van der Waals surface area contributed by atoms with Crippen LogP contribution in [0.25, 0.3) is 0 Å². The number of rotatable bonds is 7. The summed E-state index contributed by atoms with van der Waals surface area (Å²) in [5, 5.41) is 11.1. The summed E-state index contributed by atoms with van der Waals surface area (Å²) in [7, 11) is 1.38. The first-order valence-electron chi connectivity index (χ1n) is 6.61. The lowest BCUT2D eigenvalue weighted by molar-refractivity contribution is 0.0604. The number of nitrogens with zero attached hydrogens (tertiary/aromatic N) is 2. The van der Waals surface area contributed by atoms with Crippen molar-refractivity contribution in [1.29, 1.82) is 0 Å². The maximum absolute atomic E-state index is 11.7.